The fraction of sp³-hybridized carbons (Fsp3) is 0.576. The van der Waals surface area contributed by atoms with Gasteiger partial charge in [0, 0.05) is 30.0 Å². The summed E-state index contributed by atoms with van der Waals surface area (Å²) in [5.74, 6) is -1.57. The molecule has 4 rings (SSSR count). The highest BCUT2D eigenvalue weighted by atomic mass is 19.1. The van der Waals surface area contributed by atoms with Crippen molar-refractivity contribution < 1.29 is 23.9 Å². The van der Waals surface area contributed by atoms with Gasteiger partial charge in [-0.1, -0.05) is 72.9 Å². The maximum atomic E-state index is 15.1. The van der Waals surface area contributed by atoms with Crippen LogP contribution < -0.4 is 10.2 Å². The molecule has 1 aliphatic carbocycles. The molecule has 1 saturated heterocycles. The molecule has 8 nitrogen and oxygen atoms in total. The molecule has 228 valence electrons. The average Bonchev–Trinajstić information content (AvgIpc) is 3.39. The summed E-state index contributed by atoms with van der Waals surface area (Å²) in [6.07, 6.45) is 6.84. The molecule has 1 aromatic heterocycles. The number of benzene rings is 1. The number of rotatable bonds is 6. The van der Waals surface area contributed by atoms with E-state index in [1.807, 2.05) is 32.9 Å². The van der Waals surface area contributed by atoms with E-state index in [1.54, 1.807) is 12.1 Å². The normalized spacial score (nSPS) is 20.7. The van der Waals surface area contributed by atoms with Gasteiger partial charge >= 0.3 is 6.09 Å². The van der Waals surface area contributed by atoms with Gasteiger partial charge in [-0.05, 0) is 60.3 Å². The van der Waals surface area contributed by atoms with Gasteiger partial charge in [-0.2, -0.15) is 0 Å². The molecule has 2 fully saturated rings. The summed E-state index contributed by atoms with van der Waals surface area (Å²) >= 11 is 0. The van der Waals surface area contributed by atoms with Crippen molar-refractivity contribution in [2.45, 2.75) is 110 Å². The Morgan fingerprint density at radius 2 is 1.67 bits per heavy atom. The van der Waals surface area contributed by atoms with Gasteiger partial charge in [0.2, 0.25) is 5.91 Å². The van der Waals surface area contributed by atoms with Gasteiger partial charge in [-0.25, -0.2) is 9.18 Å². The second-order valence-corrected chi connectivity index (χ2v) is 13.8. The van der Waals surface area contributed by atoms with Crippen LogP contribution in [-0.4, -0.2) is 51.0 Å². The number of pyridine rings is 1. The molecule has 1 unspecified atom stereocenters. The lowest BCUT2D eigenvalue weighted by Crippen LogP contribution is -2.66. The Labute approximate surface area is 248 Å². The van der Waals surface area contributed by atoms with Crippen LogP contribution in [0.2, 0.25) is 0 Å². The number of halogens is 1. The van der Waals surface area contributed by atoms with Crippen molar-refractivity contribution in [1.29, 1.82) is 0 Å². The van der Waals surface area contributed by atoms with E-state index in [0.717, 1.165) is 43.9 Å². The lowest BCUT2D eigenvalue weighted by atomic mass is 9.70. The molecular weight excluding hydrogens is 535 g/mol. The summed E-state index contributed by atoms with van der Waals surface area (Å²) in [6.45, 7) is 12.0. The molecule has 9 heteroatoms. The molecule has 2 aromatic rings. The van der Waals surface area contributed by atoms with E-state index in [1.165, 1.54) is 22.1 Å². The summed E-state index contributed by atoms with van der Waals surface area (Å²) < 4.78 is 14.7. The predicted molar refractivity (Wildman–Crippen MR) is 161 cm³/mol. The van der Waals surface area contributed by atoms with Crippen LogP contribution in [0.1, 0.15) is 104 Å². The Morgan fingerprint density at radius 3 is 2.21 bits per heavy atom. The number of amides is 3. The van der Waals surface area contributed by atoms with Gasteiger partial charge in [-0.3, -0.25) is 24.4 Å². The molecule has 2 N–H and O–H groups in total. The highest BCUT2D eigenvalue weighted by Gasteiger charge is 2.60. The monoisotopic (exact) mass is 580 g/mol. The number of aromatic nitrogens is 1. The molecule has 0 spiro atoms. The Balaban J connectivity index is 1.93. The van der Waals surface area contributed by atoms with Crippen LogP contribution in [0.15, 0.2) is 42.7 Å². The van der Waals surface area contributed by atoms with Crippen molar-refractivity contribution in [2.24, 2.45) is 5.41 Å². The highest BCUT2D eigenvalue weighted by molar-refractivity contribution is 6.07. The van der Waals surface area contributed by atoms with E-state index in [9.17, 15) is 19.1 Å². The van der Waals surface area contributed by atoms with Crippen LogP contribution in [0.25, 0.3) is 0 Å². The van der Waals surface area contributed by atoms with E-state index < -0.39 is 40.7 Å². The summed E-state index contributed by atoms with van der Waals surface area (Å²) in [4.78, 5) is 48.6. The number of carbonyl (C=O) groups is 3. The molecule has 0 radical (unpaired) electrons. The minimum Gasteiger partial charge on any atom is -0.465 e. The van der Waals surface area contributed by atoms with E-state index in [0.29, 0.717) is 18.5 Å². The maximum absolute atomic E-state index is 15.1. The Bertz CT molecular complexity index is 1290. The maximum Gasteiger partial charge on any atom is 0.408 e. The molecule has 3 amide bonds. The largest absolute Gasteiger partial charge is 0.465 e. The summed E-state index contributed by atoms with van der Waals surface area (Å²) in [5, 5.41) is 13.4. The standard InChI is InChI=1S/C33H45FN4O4/c1-31(2,3)23-13-15-26(16-14-23)38(29(40)33(32(4,5)6)17-10-18-37(33)30(41)42)27(22-19-24(34)21-35-20-22)28(39)36-25-11-8-7-9-12-25/h13-16,19-21,25,27H,7-12,17-18H2,1-6H3,(H,36,39)(H,41,42)/t27?,33-/m0/s1. The minimum absolute atomic E-state index is 0.0611. The van der Waals surface area contributed by atoms with Gasteiger partial charge < -0.3 is 10.4 Å². The quantitative estimate of drug-likeness (QED) is 0.401. The van der Waals surface area contributed by atoms with E-state index in [2.05, 4.69) is 31.1 Å². The third-order valence-electron chi connectivity index (χ3n) is 8.94. The number of hydrogen-bond acceptors (Lipinski definition) is 4. The van der Waals surface area contributed by atoms with Gasteiger partial charge in [0.05, 0.1) is 6.20 Å². The third-order valence-corrected chi connectivity index (χ3v) is 8.94. The molecule has 0 bridgehead atoms. The number of nitrogens with one attached hydrogen (secondary N) is 1. The fourth-order valence-corrected chi connectivity index (χ4v) is 6.63. The van der Waals surface area contributed by atoms with E-state index >= 15 is 4.79 Å². The van der Waals surface area contributed by atoms with Crippen molar-refractivity contribution in [1.82, 2.24) is 15.2 Å². The van der Waals surface area contributed by atoms with Crippen molar-refractivity contribution in [3.05, 3.63) is 59.7 Å². The molecule has 42 heavy (non-hydrogen) atoms. The van der Waals surface area contributed by atoms with Crippen molar-refractivity contribution in [3.63, 3.8) is 0 Å². The van der Waals surface area contributed by atoms with Crippen molar-refractivity contribution in [2.75, 3.05) is 11.4 Å². The molecule has 2 atom stereocenters. The van der Waals surface area contributed by atoms with Crippen molar-refractivity contribution in [3.8, 4) is 0 Å². The first-order chi connectivity index (χ1) is 19.7. The number of hydrogen-bond donors (Lipinski definition) is 2. The number of likely N-dealkylation sites (tertiary alicyclic amines) is 1. The highest BCUT2D eigenvalue weighted by Crippen LogP contribution is 2.47. The summed E-state index contributed by atoms with van der Waals surface area (Å²) in [6, 6.07) is 7.33. The number of carboxylic acid groups (broad SMARTS) is 1. The molecule has 1 saturated carbocycles. The van der Waals surface area contributed by atoms with Crippen LogP contribution in [0.4, 0.5) is 14.9 Å². The van der Waals surface area contributed by atoms with Crippen LogP contribution in [0.3, 0.4) is 0 Å². The molecule has 2 heterocycles. The number of nitrogens with zero attached hydrogens (tertiary/aromatic N) is 3. The van der Waals surface area contributed by atoms with Crippen LogP contribution >= 0.6 is 0 Å². The van der Waals surface area contributed by atoms with E-state index in [4.69, 9.17) is 0 Å². The summed E-state index contributed by atoms with van der Waals surface area (Å²) in [7, 11) is 0. The lowest BCUT2D eigenvalue weighted by molar-refractivity contribution is -0.137. The van der Waals surface area contributed by atoms with Gasteiger partial charge in [0.25, 0.3) is 5.91 Å². The fourth-order valence-electron chi connectivity index (χ4n) is 6.63. The first kappa shape index (κ1) is 31.4. The average molecular weight is 581 g/mol. The Kier molecular flexibility index (Phi) is 9.00. The van der Waals surface area contributed by atoms with Gasteiger partial charge in [0.15, 0.2) is 0 Å². The Morgan fingerprint density at radius 1 is 1.02 bits per heavy atom. The topological polar surface area (TPSA) is 103 Å². The zero-order chi connectivity index (χ0) is 30.9. The lowest BCUT2D eigenvalue weighted by Gasteiger charge is -2.49. The Hall–Kier alpha value is -3.49. The molecule has 1 aliphatic heterocycles. The molecule has 1 aromatic carbocycles. The zero-order valence-electron chi connectivity index (χ0n) is 25.7. The summed E-state index contributed by atoms with van der Waals surface area (Å²) in [5.41, 5.74) is -0.732. The number of anilines is 1. The number of carbonyl (C=O) groups excluding carboxylic acids is 2. The molecule has 2 aliphatic rings. The second kappa shape index (κ2) is 12.0. The zero-order valence-corrected chi connectivity index (χ0v) is 25.7. The van der Waals surface area contributed by atoms with E-state index in [-0.39, 0.29) is 23.6 Å². The predicted octanol–water partition coefficient (Wildman–Crippen LogP) is 6.60. The molecular formula is C33H45FN4O4. The second-order valence-electron chi connectivity index (χ2n) is 13.8. The van der Waals surface area contributed by atoms with Gasteiger partial charge in [0.1, 0.15) is 17.4 Å². The minimum atomic E-state index is -1.45. The third kappa shape index (κ3) is 6.15. The van der Waals surface area contributed by atoms with Crippen LogP contribution in [-0.2, 0) is 15.0 Å². The first-order valence-corrected chi connectivity index (χ1v) is 15.0. The first-order valence-electron chi connectivity index (χ1n) is 15.0. The smallest absolute Gasteiger partial charge is 0.408 e. The van der Waals surface area contributed by atoms with Crippen LogP contribution in [0.5, 0.6) is 0 Å². The van der Waals surface area contributed by atoms with Crippen LogP contribution in [0, 0.1) is 11.2 Å². The SMILES string of the molecule is CC(C)(C)c1ccc(N(C(=O)[C@]2(C(C)(C)C)CCCN2C(=O)O)C(C(=O)NC2CCCCC2)c2cncc(F)c2)cc1. The van der Waals surface area contributed by atoms with Crippen molar-refractivity contribution >= 4 is 23.6 Å². The van der Waals surface area contributed by atoms with Gasteiger partial charge in [-0.15, -0.1) is 0 Å².